The summed E-state index contributed by atoms with van der Waals surface area (Å²) >= 11 is 0. The molecule has 0 bridgehead atoms. The minimum atomic E-state index is -0.187. The number of ether oxygens (including phenoxy) is 3. The van der Waals surface area contributed by atoms with Crippen LogP contribution in [0.5, 0.6) is 11.5 Å². The predicted octanol–water partition coefficient (Wildman–Crippen LogP) is 3.81. The van der Waals surface area contributed by atoms with Crippen LogP contribution in [0.25, 0.3) is 0 Å². The summed E-state index contributed by atoms with van der Waals surface area (Å²) in [5, 5.41) is 0. The minimum Gasteiger partial charge on any atom is -0.493 e. The normalized spacial score (nSPS) is 10.2. The van der Waals surface area contributed by atoms with E-state index in [0.29, 0.717) is 30.9 Å². The molecular formula is C20H24O4. The average Bonchev–Trinajstić information content (AvgIpc) is 2.63. The Morgan fingerprint density at radius 2 is 1.71 bits per heavy atom. The van der Waals surface area contributed by atoms with Crippen LogP contribution < -0.4 is 9.47 Å². The van der Waals surface area contributed by atoms with Gasteiger partial charge >= 0.3 is 5.97 Å². The highest BCUT2D eigenvalue weighted by atomic mass is 16.5. The summed E-state index contributed by atoms with van der Waals surface area (Å²) in [6.45, 7) is 0.447. The lowest BCUT2D eigenvalue weighted by atomic mass is 10.1. The Morgan fingerprint density at radius 3 is 2.42 bits per heavy atom. The molecule has 0 unspecified atom stereocenters. The van der Waals surface area contributed by atoms with Crippen LogP contribution in [0.2, 0.25) is 0 Å². The van der Waals surface area contributed by atoms with Crippen molar-refractivity contribution in [2.45, 2.75) is 25.7 Å². The smallest absolute Gasteiger partial charge is 0.306 e. The van der Waals surface area contributed by atoms with E-state index in [2.05, 4.69) is 12.1 Å². The summed E-state index contributed by atoms with van der Waals surface area (Å²) in [4.78, 5) is 11.9. The van der Waals surface area contributed by atoms with Gasteiger partial charge in [0.2, 0.25) is 0 Å². The molecular weight excluding hydrogens is 304 g/mol. The number of hydrogen-bond donors (Lipinski definition) is 0. The lowest BCUT2D eigenvalue weighted by Crippen LogP contribution is -2.08. The lowest BCUT2D eigenvalue weighted by molar-refractivity contribution is -0.143. The first-order chi connectivity index (χ1) is 11.7. The second-order valence-corrected chi connectivity index (χ2v) is 5.46. The molecule has 0 aromatic heterocycles. The fraction of sp³-hybridized carbons (Fsp3) is 0.350. The van der Waals surface area contributed by atoms with Crippen molar-refractivity contribution in [1.29, 1.82) is 0 Å². The number of carbonyl (C=O) groups is 1. The van der Waals surface area contributed by atoms with E-state index >= 15 is 0 Å². The molecule has 0 spiro atoms. The SMILES string of the molecule is COc1cccc(CCC(=O)OCCCc2ccccc2)c1OC. The number of carbonyl (C=O) groups excluding carboxylic acids is 1. The van der Waals surface area contributed by atoms with Gasteiger partial charge in [0.1, 0.15) is 0 Å². The Labute approximate surface area is 143 Å². The van der Waals surface area contributed by atoms with E-state index in [-0.39, 0.29) is 5.97 Å². The van der Waals surface area contributed by atoms with Crippen molar-refractivity contribution in [3.05, 3.63) is 59.7 Å². The van der Waals surface area contributed by atoms with Crippen molar-refractivity contribution in [3.63, 3.8) is 0 Å². The number of hydrogen-bond acceptors (Lipinski definition) is 4. The zero-order chi connectivity index (χ0) is 17.2. The van der Waals surface area contributed by atoms with Gasteiger partial charge in [0, 0.05) is 6.42 Å². The molecule has 4 heteroatoms. The molecule has 24 heavy (non-hydrogen) atoms. The molecule has 0 saturated heterocycles. The predicted molar refractivity (Wildman–Crippen MR) is 93.6 cm³/mol. The summed E-state index contributed by atoms with van der Waals surface area (Å²) in [6, 6.07) is 15.9. The second-order valence-electron chi connectivity index (χ2n) is 5.46. The molecule has 0 saturated carbocycles. The first kappa shape index (κ1) is 17.9. The van der Waals surface area contributed by atoms with Crippen LogP contribution in [0.1, 0.15) is 24.0 Å². The first-order valence-electron chi connectivity index (χ1n) is 8.14. The largest absolute Gasteiger partial charge is 0.493 e. The lowest BCUT2D eigenvalue weighted by Gasteiger charge is -2.12. The number of esters is 1. The molecule has 2 aromatic carbocycles. The Kier molecular flexibility index (Phi) is 7.15. The highest BCUT2D eigenvalue weighted by Crippen LogP contribution is 2.31. The molecule has 0 aliphatic rings. The van der Waals surface area contributed by atoms with Crippen LogP contribution in [-0.4, -0.2) is 26.8 Å². The van der Waals surface area contributed by atoms with Crippen molar-refractivity contribution in [1.82, 2.24) is 0 Å². The number of methoxy groups -OCH3 is 2. The maximum Gasteiger partial charge on any atom is 0.306 e. The van der Waals surface area contributed by atoms with E-state index < -0.39 is 0 Å². The third-order valence-corrected chi connectivity index (χ3v) is 3.80. The van der Waals surface area contributed by atoms with E-state index in [0.717, 1.165) is 18.4 Å². The van der Waals surface area contributed by atoms with Gasteiger partial charge in [-0.3, -0.25) is 4.79 Å². The van der Waals surface area contributed by atoms with Crippen LogP contribution in [0.15, 0.2) is 48.5 Å². The number of rotatable bonds is 9. The van der Waals surface area contributed by atoms with Gasteiger partial charge in [-0.25, -0.2) is 0 Å². The Balaban J connectivity index is 1.73. The van der Waals surface area contributed by atoms with Crippen LogP contribution in [0.4, 0.5) is 0 Å². The molecule has 0 N–H and O–H groups in total. The Hall–Kier alpha value is -2.49. The zero-order valence-electron chi connectivity index (χ0n) is 14.3. The fourth-order valence-electron chi connectivity index (χ4n) is 2.57. The van der Waals surface area contributed by atoms with E-state index in [4.69, 9.17) is 14.2 Å². The van der Waals surface area contributed by atoms with Crippen molar-refractivity contribution in [3.8, 4) is 11.5 Å². The molecule has 4 nitrogen and oxygen atoms in total. The average molecular weight is 328 g/mol. The summed E-state index contributed by atoms with van der Waals surface area (Å²) in [5.41, 5.74) is 2.20. The molecule has 0 aliphatic heterocycles. The first-order valence-corrected chi connectivity index (χ1v) is 8.14. The molecule has 2 aromatic rings. The zero-order valence-corrected chi connectivity index (χ0v) is 14.3. The molecule has 2 rings (SSSR count). The molecule has 128 valence electrons. The monoisotopic (exact) mass is 328 g/mol. The van der Waals surface area contributed by atoms with E-state index in [9.17, 15) is 4.79 Å². The number of para-hydroxylation sites is 1. The molecule has 0 amide bonds. The molecule has 0 atom stereocenters. The van der Waals surface area contributed by atoms with Crippen LogP contribution in [-0.2, 0) is 22.4 Å². The summed E-state index contributed by atoms with van der Waals surface area (Å²) in [7, 11) is 3.20. The van der Waals surface area contributed by atoms with Crippen molar-refractivity contribution in [2.75, 3.05) is 20.8 Å². The fourth-order valence-corrected chi connectivity index (χ4v) is 2.57. The van der Waals surface area contributed by atoms with Gasteiger partial charge in [0.25, 0.3) is 0 Å². The van der Waals surface area contributed by atoms with Gasteiger partial charge in [-0.05, 0) is 36.5 Å². The van der Waals surface area contributed by atoms with Crippen LogP contribution >= 0.6 is 0 Å². The van der Waals surface area contributed by atoms with Crippen molar-refractivity contribution >= 4 is 5.97 Å². The topological polar surface area (TPSA) is 44.8 Å². The molecule has 0 aliphatic carbocycles. The summed E-state index contributed by atoms with van der Waals surface area (Å²) in [5.74, 6) is 1.16. The molecule has 0 fully saturated rings. The van der Waals surface area contributed by atoms with E-state index in [1.165, 1.54) is 5.56 Å². The second kappa shape index (κ2) is 9.60. The maximum atomic E-state index is 11.9. The highest BCUT2D eigenvalue weighted by molar-refractivity contribution is 5.70. The quantitative estimate of drug-likeness (QED) is 0.519. The van der Waals surface area contributed by atoms with Gasteiger partial charge in [-0.15, -0.1) is 0 Å². The van der Waals surface area contributed by atoms with Gasteiger partial charge in [0.15, 0.2) is 11.5 Å². The van der Waals surface area contributed by atoms with Gasteiger partial charge in [-0.1, -0.05) is 42.5 Å². The van der Waals surface area contributed by atoms with Gasteiger partial charge < -0.3 is 14.2 Å². The highest BCUT2D eigenvalue weighted by Gasteiger charge is 2.11. The third-order valence-electron chi connectivity index (χ3n) is 3.80. The van der Waals surface area contributed by atoms with Crippen LogP contribution in [0.3, 0.4) is 0 Å². The number of aryl methyl sites for hydroxylation is 2. The Bertz CT molecular complexity index is 637. The van der Waals surface area contributed by atoms with Crippen molar-refractivity contribution in [2.24, 2.45) is 0 Å². The number of benzene rings is 2. The minimum absolute atomic E-state index is 0.187. The van der Waals surface area contributed by atoms with Gasteiger partial charge in [-0.2, -0.15) is 0 Å². The standard InChI is InChI=1S/C20H24O4/c1-22-18-12-6-11-17(20(18)23-2)13-14-19(21)24-15-7-10-16-8-4-3-5-9-16/h3-6,8-9,11-12H,7,10,13-15H2,1-2H3. The van der Waals surface area contributed by atoms with Crippen LogP contribution in [0, 0.1) is 0 Å². The van der Waals surface area contributed by atoms with E-state index in [1.807, 2.05) is 36.4 Å². The van der Waals surface area contributed by atoms with E-state index in [1.54, 1.807) is 14.2 Å². The molecule has 0 radical (unpaired) electrons. The summed E-state index contributed by atoms with van der Waals surface area (Å²) in [6.07, 6.45) is 2.64. The van der Waals surface area contributed by atoms with Gasteiger partial charge in [0.05, 0.1) is 20.8 Å². The molecule has 0 heterocycles. The summed E-state index contributed by atoms with van der Waals surface area (Å²) < 4.78 is 15.9. The van der Waals surface area contributed by atoms with Crippen molar-refractivity contribution < 1.29 is 19.0 Å². The third kappa shape index (κ3) is 5.30. The Morgan fingerprint density at radius 1 is 0.917 bits per heavy atom. The maximum absolute atomic E-state index is 11.9.